The molecule has 2 heterocycles. The lowest BCUT2D eigenvalue weighted by Gasteiger charge is -2.12. The van der Waals surface area contributed by atoms with Crippen LogP contribution in [-0.4, -0.2) is 45.3 Å². The number of carbonyl (C=O) groups is 1. The number of hydrogen-bond acceptors (Lipinski definition) is 5. The average molecular weight is 224 g/mol. The molecular weight excluding hydrogens is 212 g/mol. The molecule has 0 spiro atoms. The lowest BCUT2D eigenvalue weighted by Crippen LogP contribution is -2.29. The van der Waals surface area contributed by atoms with E-state index in [4.69, 9.17) is 15.6 Å². The van der Waals surface area contributed by atoms with Crippen LogP contribution in [0.3, 0.4) is 0 Å². The summed E-state index contributed by atoms with van der Waals surface area (Å²) in [6.45, 7) is 0.831. The van der Waals surface area contributed by atoms with Crippen LogP contribution in [0.1, 0.15) is 6.42 Å². The second-order valence-corrected chi connectivity index (χ2v) is 3.56. The fourth-order valence-corrected chi connectivity index (χ4v) is 1.53. The maximum atomic E-state index is 10.7. The number of hydrogen-bond donors (Lipinski definition) is 2. The minimum absolute atomic E-state index is 0.181. The van der Waals surface area contributed by atoms with Gasteiger partial charge in [-0.25, -0.2) is 14.8 Å². The molecule has 0 radical (unpaired) electrons. The van der Waals surface area contributed by atoms with E-state index in [2.05, 4.69) is 9.97 Å². The van der Waals surface area contributed by atoms with Gasteiger partial charge in [0.25, 0.3) is 0 Å². The Kier molecular flexibility index (Phi) is 2.76. The molecular formula is C9H12N4O3. The summed E-state index contributed by atoms with van der Waals surface area (Å²) in [6, 6.07) is 0.228. The normalized spacial score (nSPS) is 19.8. The Hall–Kier alpha value is -2.05. The van der Waals surface area contributed by atoms with E-state index in [0.29, 0.717) is 25.2 Å². The molecule has 86 valence electrons. The monoisotopic (exact) mass is 224 g/mol. The van der Waals surface area contributed by atoms with Gasteiger partial charge in [0.15, 0.2) is 0 Å². The molecule has 1 saturated heterocycles. The van der Waals surface area contributed by atoms with Gasteiger partial charge in [0.2, 0.25) is 0 Å². The highest BCUT2D eigenvalue weighted by atomic mass is 16.5. The summed E-state index contributed by atoms with van der Waals surface area (Å²) in [6.07, 6.45) is 2.45. The fourth-order valence-electron chi connectivity index (χ4n) is 1.53. The van der Waals surface area contributed by atoms with Gasteiger partial charge in [-0.15, -0.1) is 0 Å². The highest BCUT2D eigenvalue weighted by molar-refractivity contribution is 5.65. The molecule has 2 rings (SSSR count). The van der Waals surface area contributed by atoms with E-state index in [9.17, 15) is 4.79 Å². The minimum atomic E-state index is -0.927. The van der Waals surface area contributed by atoms with E-state index in [1.165, 1.54) is 17.3 Å². The van der Waals surface area contributed by atoms with E-state index in [1.54, 1.807) is 0 Å². The predicted octanol–water partition coefficient (Wildman–Crippen LogP) is 0.190. The molecule has 1 aliphatic heterocycles. The molecule has 3 N–H and O–H groups in total. The number of nitrogens with zero attached hydrogens (tertiary/aromatic N) is 3. The summed E-state index contributed by atoms with van der Waals surface area (Å²) < 4.78 is 5.43. The zero-order chi connectivity index (χ0) is 11.5. The summed E-state index contributed by atoms with van der Waals surface area (Å²) in [5.74, 6) is 0. The fraction of sp³-hybridized carbons (Fsp3) is 0.444. The Morgan fingerprint density at radius 3 is 2.81 bits per heavy atom. The third kappa shape index (κ3) is 2.30. The number of amides is 1. The van der Waals surface area contributed by atoms with Crippen molar-refractivity contribution in [1.29, 1.82) is 0 Å². The van der Waals surface area contributed by atoms with Crippen molar-refractivity contribution < 1.29 is 14.6 Å². The smallest absolute Gasteiger partial charge is 0.407 e. The number of ether oxygens (including phenoxy) is 1. The van der Waals surface area contributed by atoms with E-state index < -0.39 is 6.09 Å². The molecule has 0 bridgehead atoms. The van der Waals surface area contributed by atoms with Crippen molar-refractivity contribution in [3.05, 3.63) is 12.4 Å². The topological polar surface area (TPSA) is 102 Å². The number of anilines is 1. The van der Waals surface area contributed by atoms with Crippen molar-refractivity contribution in [3.63, 3.8) is 0 Å². The van der Waals surface area contributed by atoms with E-state index in [0.717, 1.165) is 0 Å². The van der Waals surface area contributed by atoms with Crippen molar-refractivity contribution >= 4 is 11.8 Å². The van der Waals surface area contributed by atoms with Crippen LogP contribution in [0.4, 0.5) is 10.5 Å². The molecule has 1 fully saturated rings. The predicted molar refractivity (Wildman–Crippen MR) is 55.1 cm³/mol. The third-order valence-corrected chi connectivity index (χ3v) is 2.34. The Morgan fingerprint density at radius 2 is 2.25 bits per heavy atom. The molecule has 0 unspecified atom stereocenters. The van der Waals surface area contributed by atoms with Crippen LogP contribution in [0.2, 0.25) is 0 Å². The molecule has 1 amide bonds. The van der Waals surface area contributed by atoms with Gasteiger partial charge in [0.1, 0.15) is 6.10 Å². The van der Waals surface area contributed by atoms with Crippen molar-refractivity contribution in [3.8, 4) is 6.01 Å². The lowest BCUT2D eigenvalue weighted by atomic mass is 10.3. The van der Waals surface area contributed by atoms with Crippen molar-refractivity contribution in [1.82, 2.24) is 14.9 Å². The van der Waals surface area contributed by atoms with Crippen molar-refractivity contribution in [2.75, 3.05) is 18.8 Å². The number of carboxylic acid groups (broad SMARTS) is 1. The van der Waals surface area contributed by atoms with Gasteiger partial charge in [-0.1, -0.05) is 0 Å². The number of nitrogens with two attached hydrogens (primary N) is 1. The number of rotatable bonds is 2. The van der Waals surface area contributed by atoms with Gasteiger partial charge in [0, 0.05) is 13.0 Å². The molecule has 16 heavy (non-hydrogen) atoms. The first kappa shape index (κ1) is 10.5. The molecule has 7 nitrogen and oxygen atoms in total. The van der Waals surface area contributed by atoms with E-state index in [1.807, 2.05) is 0 Å². The van der Waals surface area contributed by atoms with E-state index in [-0.39, 0.29) is 12.1 Å². The Morgan fingerprint density at radius 1 is 1.56 bits per heavy atom. The summed E-state index contributed by atoms with van der Waals surface area (Å²) >= 11 is 0. The number of aromatic nitrogens is 2. The van der Waals surface area contributed by atoms with E-state index >= 15 is 0 Å². The SMILES string of the molecule is Nc1cnc(O[C@H]2CCN(C(=O)O)C2)nc1. The van der Waals surface area contributed by atoms with Crippen LogP contribution in [0.25, 0.3) is 0 Å². The van der Waals surface area contributed by atoms with Crippen LogP contribution in [0, 0.1) is 0 Å². The molecule has 0 aliphatic carbocycles. The molecule has 0 aromatic carbocycles. The zero-order valence-corrected chi connectivity index (χ0v) is 8.54. The molecule has 0 saturated carbocycles. The standard InChI is InChI=1S/C9H12N4O3/c10-6-3-11-8(12-4-6)16-7-1-2-13(5-7)9(14)15/h3-4,7H,1-2,5,10H2,(H,14,15)/t7-/m0/s1. The van der Waals surface area contributed by atoms with Gasteiger partial charge in [-0.3, -0.25) is 0 Å². The molecule has 7 heteroatoms. The first-order chi connectivity index (χ1) is 7.65. The average Bonchev–Trinajstić information content (AvgIpc) is 2.70. The first-order valence-electron chi connectivity index (χ1n) is 4.87. The quantitative estimate of drug-likeness (QED) is 0.743. The zero-order valence-electron chi connectivity index (χ0n) is 8.54. The Bertz CT molecular complexity index is 381. The summed E-state index contributed by atoms with van der Waals surface area (Å²) in [5.41, 5.74) is 5.89. The van der Waals surface area contributed by atoms with Gasteiger partial charge in [0.05, 0.1) is 24.6 Å². The molecule has 1 atom stereocenters. The molecule has 1 aliphatic rings. The molecule has 1 aromatic heterocycles. The largest absolute Gasteiger partial charge is 0.465 e. The van der Waals surface area contributed by atoms with Crippen LogP contribution in [0.5, 0.6) is 6.01 Å². The van der Waals surface area contributed by atoms with Gasteiger partial charge in [-0.05, 0) is 0 Å². The third-order valence-electron chi connectivity index (χ3n) is 2.34. The van der Waals surface area contributed by atoms with Crippen LogP contribution in [-0.2, 0) is 0 Å². The maximum Gasteiger partial charge on any atom is 0.407 e. The first-order valence-corrected chi connectivity index (χ1v) is 4.87. The maximum absolute atomic E-state index is 10.7. The summed E-state index contributed by atoms with van der Waals surface area (Å²) in [5, 5.41) is 8.76. The summed E-state index contributed by atoms with van der Waals surface area (Å²) in [7, 11) is 0. The highest BCUT2D eigenvalue weighted by Gasteiger charge is 2.27. The molecule has 1 aromatic rings. The number of likely N-dealkylation sites (tertiary alicyclic amines) is 1. The Labute approximate surface area is 91.9 Å². The van der Waals surface area contributed by atoms with Crippen LogP contribution in [0.15, 0.2) is 12.4 Å². The van der Waals surface area contributed by atoms with Crippen LogP contribution < -0.4 is 10.5 Å². The summed E-state index contributed by atoms with van der Waals surface area (Å²) in [4.78, 5) is 19.7. The lowest BCUT2D eigenvalue weighted by molar-refractivity contribution is 0.143. The minimum Gasteiger partial charge on any atom is -0.465 e. The van der Waals surface area contributed by atoms with Crippen molar-refractivity contribution in [2.45, 2.75) is 12.5 Å². The Balaban J connectivity index is 1.92. The van der Waals surface area contributed by atoms with Gasteiger partial charge in [-0.2, -0.15) is 0 Å². The van der Waals surface area contributed by atoms with Gasteiger partial charge >= 0.3 is 12.1 Å². The second kappa shape index (κ2) is 4.21. The van der Waals surface area contributed by atoms with Gasteiger partial charge < -0.3 is 20.5 Å². The van der Waals surface area contributed by atoms with Crippen LogP contribution >= 0.6 is 0 Å². The number of nitrogen functional groups attached to an aromatic ring is 1. The highest BCUT2D eigenvalue weighted by Crippen LogP contribution is 2.15. The second-order valence-electron chi connectivity index (χ2n) is 3.56. The van der Waals surface area contributed by atoms with Crippen molar-refractivity contribution in [2.24, 2.45) is 0 Å².